The van der Waals surface area contributed by atoms with E-state index in [0.717, 1.165) is 19.0 Å². The van der Waals surface area contributed by atoms with Crippen LogP contribution in [0.3, 0.4) is 0 Å². The minimum absolute atomic E-state index is 0.980. The number of thioether (sulfide) groups is 1. The fourth-order valence-electron chi connectivity index (χ4n) is 0.997. The third-order valence-electron chi connectivity index (χ3n) is 1.89. The molecule has 1 radical (unpaired) electrons. The van der Waals surface area contributed by atoms with Crippen molar-refractivity contribution in [3.05, 3.63) is 0 Å². The van der Waals surface area contributed by atoms with E-state index in [1.807, 2.05) is 11.8 Å². The highest BCUT2D eigenvalue weighted by molar-refractivity contribution is 7.99. The van der Waals surface area contributed by atoms with Gasteiger partial charge < -0.3 is 0 Å². The summed E-state index contributed by atoms with van der Waals surface area (Å²) in [6, 6.07) is 0. The Bertz CT molecular complexity index is 91.6. The van der Waals surface area contributed by atoms with Crippen molar-refractivity contribution >= 4 is 11.8 Å². The molecular weight excluding hydrogens is 154 g/mol. The van der Waals surface area contributed by atoms with Crippen molar-refractivity contribution in [2.75, 3.05) is 24.6 Å². The first-order valence-corrected chi connectivity index (χ1v) is 5.80. The van der Waals surface area contributed by atoms with Crippen LogP contribution in [0.4, 0.5) is 0 Å². The van der Waals surface area contributed by atoms with Crippen LogP contribution in [-0.2, 0) is 0 Å². The molecule has 0 atom stereocenters. The number of rotatable bonds is 7. The molecule has 0 unspecified atom stereocenters. The van der Waals surface area contributed by atoms with Gasteiger partial charge in [-0.2, -0.15) is 11.8 Å². The van der Waals surface area contributed by atoms with Gasteiger partial charge >= 0.3 is 0 Å². The SMILES string of the molecule is CCSCCC[N]CC1CC1. The van der Waals surface area contributed by atoms with Crippen LogP contribution >= 0.6 is 11.8 Å². The Morgan fingerprint density at radius 3 is 2.91 bits per heavy atom. The van der Waals surface area contributed by atoms with E-state index in [1.165, 1.54) is 30.8 Å². The molecular formula is C9H18NS. The van der Waals surface area contributed by atoms with E-state index in [4.69, 9.17) is 0 Å². The molecule has 0 saturated heterocycles. The molecule has 1 nitrogen and oxygen atoms in total. The molecule has 1 aliphatic carbocycles. The van der Waals surface area contributed by atoms with Gasteiger partial charge in [-0.25, -0.2) is 5.32 Å². The molecule has 0 aromatic rings. The van der Waals surface area contributed by atoms with Crippen molar-refractivity contribution in [2.24, 2.45) is 5.92 Å². The first-order chi connectivity index (χ1) is 5.43. The van der Waals surface area contributed by atoms with Crippen LogP contribution in [0.2, 0.25) is 0 Å². The van der Waals surface area contributed by atoms with Crippen LogP contribution < -0.4 is 5.32 Å². The van der Waals surface area contributed by atoms with Crippen LogP contribution in [0.5, 0.6) is 0 Å². The van der Waals surface area contributed by atoms with Crippen molar-refractivity contribution in [3.63, 3.8) is 0 Å². The van der Waals surface area contributed by atoms with E-state index in [0.29, 0.717) is 0 Å². The van der Waals surface area contributed by atoms with E-state index >= 15 is 0 Å². The predicted molar refractivity (Wildman–Crippen MR) is 52.2 cm³/mol. The van der Waals surface area contributed by atoms with Crippen LogP contribution in [0.1, 0.15) is 26.2 Å². The van der Waals surface area contributed by atoms with Gasteiger partial charge in [0.15, 0.2) is 0 Å². The largest absolute Gasteiger partial charge is 0.241 e. The van der Waals surface area contributed by atoms with E-state index in [1.54, 1.807) is 0 Å². The lowest BCUT2D eigenvalue weighted by molar-refractivity contribution is 0.620. The molecule has 0 bridgehead atoms. The Morgan fingerprint density at radius 1 is 1.45 bits per heavy atom. The summed E-state index contributed by atoms with van der Waals surface area (Å²) < 4.78 is 0. The van der Waals surface area contributed by atoms with Crippen LogP contribution in [0.25, 0.3) is 0 Å². The van der Waals surface area contributed by atoms with Crippen LogP contribution in [0.15, 0.2) is 0 Å². The van der Waals surface area contributed by atoms with Gasteiger partial charge in [-0.15, -0.1) is 0 Å². The highest BCUT2D eigenvalue weighted by Crippen LogP contribution is 2.27. The van der Waals surface area contributed by atoms with Gasteiger partial charge in [-0.05, 0) is 36.7 Å². The maximum atomic E-state index is 4.49. The van der Waals surface area contributed by atoms with Gasteiger partial charge in [-0.1, -0.05) is 6.92 Å². The summed E-state index contributed by atoms with van der Waals surface area (Å²) in [7, 11) is 0. The zero-order chi connectivity index (χ0) is 7.94. The molecule has 0 spiro atoms. The molecule has 0 aromatic carbocycles. The average Bonchev–Trinajstić information content (AvgIpc) is 2.80. The monoisotopic (exact) mass is 172 g/mol. The summed E-state index contributed by atoms with van der Waals surface area (Å²) in [5, 5.41) is 4.49. The van der Waals surface area contributed by atoms with Gasteiger partial charge in [0.05, 0.1) is 0 Å². The second kappa shape index (κ2) is 5.90. The molecule has 65 valence electrons. The molecule has 1 saturated carbocycles. The second-order valence-corrected chi connectivity index (χ2v) is 4.52. The van der Waals surface area contributed by atoms with Crippen molar-refractivity contribution < 1.29 is 0 Å². The van der Waals surface area contributed by atoms with Crippen molar-refractivity contribution in [1.29, 1.82) is 0 Å². The molecule has 1 rings (SSSR count). The molecule has 0 N–H and O–H groups in total. The molecule has 1 fully saturated rings. The summed E-state index contributed by atoms with van der Waals surface area (Å²) >= 11 is 2.02. The maximum absolute atomic E-state index is 4.49. The smallest absolute Gasteiger partial charge is 0.0161 e. The second-order valence-electron chi connectivity index (χ2n) is 3.12. The Balaban J connectivity index is 1.66. The number of hydrogen-bond acceptors (Lipinski definition) is 1. The van der Waals surface area contributed by atoms with Crippen LogP contribution in [0, 0.1) is 5.92 Å². The summed E-state index contributed by atoms with van der Waals surface area (Å²) in [5.74, 6) is 3.53. The van der Waals surface area contributed by atoms with E-state index in [9.17, 15) is 0 Å². The highest BCUT2D eigenvalue weighted by atomic mass is 32.2. The molecule has 1 aliphatic rings. The zero-order valence-corrected chi connectivity index (χ0v) is 8.20. The fraction of sp³-hybridized carbons (Fsp3) is 1.00. The molecule has 0 aliphatic heterocycles. The number of nitrogens with zero attached hydrogens (tertiary/aromatic N) is 1. The maximum Gasteiger partial charge on any atom is 0.0161 e. The van der Waals surface area contributed by atoms with E-state index in [2.05, 4.69) is 12.2 Å². The molecule has 0 aromatic heterocycles. The Labute approximate surface area is 74.3 Å². The minimum atomic E-state index is 0.980. The summed E-state index contributed by atoms with van der Waals surface area (Å²) in [6.45, 7) is 4.46. The topological polar surface area (TPSA) is 14.1 Å². The van der Waals surface area contributed by atoms with Crippen molar-refractivity contribution in [1.82, 2.24) is 5.32 Å². The first-order valence-electron chi connectivity index (χ1n) is 4.64. The van der Waals surface area contributed by atoms with E-state index in [-0.39, 0.29) is 0 Å². The third-order valence-corrected chi connectivity index (χ3v) is 2.88. The normalized spacial score (nSPS) is 17.2. The Kier molecular flexibility index (Phi) is 5.04. The summed E-state index contributed by atoms with van der Waals surface area (Å²) in [5.41, 5.74) is 0. The van der Waals surface area contributed by atoms with Gasteiger partial charge in [0, 0.05) is 13.1 Å². The number of hydrogen-bond donors (Lipinski definition) is 0. The lowest BCUT2D eigenvalue weighted by Gasteiger charge is -1.99. The first kappa shape index (κ1) is 9.40. The van der Waals surface area contributed by atoms with Crippen molar-refractivity contribution in [3.8, 4) is 0 Å². The minimum Gasteiger partial charge on any atom is -0.241 e. The zero-order valence-electron chi connectivity index (χ0n) is 7.38. The lowest BCUT2D eigenvalue weighted by Crippen LogP contribution is -2.10. The fourth-order valence-corrected chi connectivity index (χ4v) is 1.62. The molecule has 0 heterocycles. The van der Waals surface area contributed by atoms with Gasteiger partial charge in [0.1, 0.15) is 0 Å². The van der Waals surface area contributed by atoms with E-state index < -0.39 is 0 Å². The summed E-state index contributed by atoms with van der Waals surface area (Å²) in [4.78, 5) is 0. The molecule has 0 amide bonds. The van der Waals surface area contributed by atoms with Crippen LogP contribution in [-0.4, -0.2) is 24.6 Å². The van der Waals surface area contributed by atoms with Crippen molar-refractivity contribution in [2.45, 2.75) is 26.2 Å². The van der Waals surface area contributed by atoms with Gasteiger partial charge in [0.2, 0.25) is 0 Å². The Morgan fingerprint density at radius 2 is 2.27 bits per heavy atom. The lowest BCUT2D eigenvalue weighted by atomic mass is 10.4. The highest BCUT2D eigenvalue weighted by Gasteiger charge is 2.20. The Hall–Kier alpha value is 0.310. The summed E-state index contributed by atoms with van der Waals surface area (Å²) in [6.07, 6.45) is 4.16. The standard InChI is InChI=1S/C9H18NS/c1-2-11-7-3-6-10-8-9-4-5-9/h9H,2-8H2,1H3. The van der Waals surface area contributed by atoms with Gasteiger partial charge in [0.25, 0.3) is 0 Å². The molecule has 2 heteroatoms. The van der Waals surface area contributed by atoms with Gasteiger partial charge in [-0.3, -0.25) is 0 Å². The molecule has 11 heavy (non-hydrogen) atoms. The average molecular weight is 172 g/mol. The predicted octanol–water partition coefficient (Wildman–Crippen LogP) is 2.14. The third kappa shape index (κ3) is 5.57. The quantitative estimate of drug-likeness (QED) is 0.537.